The number of hydrogen-bond donors (Lipinski definition) is 6. The molecule has 2 rings (SSSR count). The molecule has 0 aliphatic carbocycles. The zero-order valence-electron chi connectivity index (χ0n) is 17.0. The molecule has 0 saturated heterocycles. The molecule has 8 nitrogen and oxygen atoms in total. The second-order valence-electron chi connectivity index (χ2n) is 7.09. The van der Waals surface area contributed by atoms with Crippen molar-refractivity contribution in [2.75, 3.05) is 6.54 Å². The second kappa shape index (κ2) is 11.5. The minimum atomic E-state index is -0.819. The van der Waals surface area contributed by atoms with Crippen molar-refractivity contribution in [3.8, 4) is 5.75 Å². The fraction of sp³-hybridized carbons (Fsp3) is 0.318. The Bertz CT molecular complexity index is 840. The van der Waals surface area contributed by atoms with E-state index in [1.54, 1.807) is 19.1 Å². The van der Waals surface area contributed by atoms with Crippen molar-refractivity contribution in [1.82, 2.24) is 16.0 Å². The minimum Gasteiger partial charge on any atom is -0.508 e. The molecule has 0 spiro atoms. The number of carbonyl (C=O) groups is 2. The summed E-state index contributed by atoms with van der Waals surface area (Å²) in [6.45, 7) is 2.12. The topological polar surface area (TPSA) is 140 Å². The molecule has 0 bridgehead atoms. The second-order valence-corrected chi connectivity index (χ2v) is 7.09. The number of rotatable bonds is 10. The van der Waals surface area contributed by atoms with E-state index < -0.39 is 18.0 Å². The molecule has 0 fully saturated rings. The molecule has 0 saturated carbocycles. The first-order chi connectivity index (χ1) is 14.3. The molecule has 2 amide bonds. The third kappa shape index (κ3) is 7.83. The number of nitrogens with two attached hydrogens (primary N) is 1. The van der Waals surface area contributed by atoms with Gasteiger partial charge in [-0.25, -0.2) is 0 Å². The van der Waals surface area contributed by atoms with Crippen LogP contribution in [0.15, 0.2) is 54.6 Å². The Morgan fingerprint density at radius 2 is 1.67 bits per heavy atom. The van der Waals surface area contributed by atoms with Crippen molar-refractivity contribution in [2.45, 2.75) is 38.3 Å². The lowest BCUT2D eigenvalue weighted by molar-refractivity contribution is -0.129. The number of phenols is 1. The van der Waals surface area contributed by atoms with Gasteiger partial charge in [-0.15, -0.1) is 0 Å². The van der Waals surface area contributed by atoms with Crippen LogP contribution in [-0.4, -0.2) is 41.5 Å². The maximum Gasteiger partial charge on any atom is 0.243 e. The summed E-state index contributed by atoms with van der Waals surface area (Å²) in [6, 6.07) is 14.9. The lowest BCUT2D eigenvalue weighted by Gasteiger charge is -2.21. The fourth-order valence-electron chi connectivity index (χ4n) is 2.95. The first kappa shape index (κ1) is 22.7. The van der Waals surface area contributed by atoms with Crippen LogP contribution in [-0.2, 0) is 22.4 Å². The highest BCUT2D eigenvalue weighted by Crippen LogP contribution is 2.11. The van der Waals surface area contributed by atoms with E-state index in [0.29, 0.717) is 6.54 Å². The monoisotopic (exact) mass is 411 g/mol. The van der Waals surface area contributed by atoms with Gasteiger partial charge in [-0.05, 0) is 43.0 Å². The molecule has 2 aromatic rings. The quantitative estimate of drug-likeness (QED) is 0.197. The van der Waals surface area contributed by atoms with Gasteiger partial charge in [0.25, 0.3) is 0 Å². The van der Waals surface area contributed by atoms with Crippen LogP contribution in [0.4, 0.5) is 0 Å². The van der Waals surface area contributed by atoms with E-state index >= 15 is 0 Å². The Kier molecular flexibility index (Phi) is 8.68. The Labute approximate surface area is 176 Å². The van der Waals surface area contributed by atoms with Gasteiger partial charge in [0, 0.05) is 13.0 Å². The summed E-state index contributed by atoms with van der Waals surface area (Å²) in [4.78, 5) is 24.9. The average molecular weight is 412 g/mol. The molecular weight excluding hydrogens is 382 g/mol. The summed E-state index contributed by atoms with van der Waals surface area (Å²) in [5.41, 5.74) is 7.39. The summed E-state index contributed by atoms with van der Waals surface area (Å²) in [5.74, 6) is -0.934. The Hall–Kier alpha value is -3.55. The van der Waals surface area contributed by atoms with E-state index in [1.165, 1.54) is 17.7 Å². The van der Waals surface area contributed by atoms with E-state index in [2.05, 4.69) is 16.0 Å². The predicted octanol–water partition coefficient (Wildman–Crippen LogP) is 1.04. The van der Waals surface area contributed by atoms with Gasteiger partial charge in [-0.2, -0.15) is 0 Å². The number of benzene rings is 2. The van der Waals surface area contributed by atoms with Crippen molar-refractivity contribution >= 4 is 17.8 Å². The van der Waals surface area contributed by atoms with Gasteiger partial charge >= 0.3 is 0 Å². The lowest BCUT2D eigenvalue weighted by Crippen LogP contribution is -2.54. The van der Waals surface area contributed by atoms with Crippen LogP contribution in [0.5, 0.6) is 5.75 Å². The number of phenolic OH excluding ortho intramolecular Hbond substituents is 1. The molecule has 8 heteroatoms. The van der Waals surface area contributed by atoms with Gasteiger partial charge < -0.3 is 26.8 Å². The standard InChI is InChI=1S/C22H29N5O3/c1-15(20(29)25-13-5-8-16-6-3-2-4-7-16)26-21(30)19(27-22(23)24)14-17-9-11-18(28)12-10-17/h2-4,6-7,9-12,15,19,28H,5,8,13-14H2,1H3,(H,25,29)(H,26,30)(H4,23,24,27)/t15-,19+/m1/s1. The molecule has 160 valence electrons. The van der Waals surface area contributed by atoms with E-state index in [0.717, 1.165) is 18.4 Å². The SMILES string of the molecule is C[C@@H](NC(=O)[C@H](Cc1ccc(O)cc1)NC(=N)N)C(=O)NCCCc1ccccc1. The van der Waals surface area contributed by atoms with Crippen LogP contribution in [0.1, 0.15) is 24.5 Å². The molecule has 30 heavy (non-hydrogen) atoms. The van der Waals surface area contributed by atoms with Crippen LogP contribution >= 0.6 is 0 Å². The molecule has 0 aliphatic heterocycles. The summed E-state index contributed by atoms with van der Waals surface area (Å²) in [7, 11) is 0. The number of hydrogen-bond acceptors (Lipinski definition) is 4. The largest absolute Gasteiger partial charge is 0.508 e. The summed E-state index contributed by atoms with van der Waals surface area (Å²) in [6.07, 6.45) is 1.90. The van der Waals surface area contributed by atoms with E-state index in [4.69, 9.17) is 11.1 Å². The smallest absolute Gasteiger partial charge is 0.243 e. The number of amides is 2. The number of nitrogens with one attached hydrogen (secondary N) is 4. The minimum absolute atomic E-state index is 0.122. The predicted molar refractivity (Wildman–Crippen MR) is 116 cm³/mol. The number of aryl methyl sites for hydroxylation is 1. The van der Waals surface area contributed by atoms with Gasteiger partial charge in [0.05, 0.1) is 0 Å². The van der Waals surface area contributed by atoms with Crippen molar-refractivity contribution in [2.24, 2.45) is 5.73 Å². The van der Waals surface area contributed by atoms with Gasteiger partial charge in [-0.3, -0.25) is 15.0 Å². The molecule has 0 unspecified atom stereocenters. The number of aromatic hydroxyl groups is 1. The van der Waals surface area contributed by atoms with Gasteiger partial charge in [0.2, 0.25) is 11.8 Å². The number of guanidine groups is 1. The van der Waals surface area contributed by atoms with Crippen LogP contribution in [0.25, 0.3) is 0 Å². The van der Waals surface area contributed by atoms with Crippen LogP contribution in [0.3, 0.4) is 0 Å². The highest BCUT2D eigenvalue weighted by molar-refractivity contribution is 5.91. The molecule has 7 N–H and O–H groups in total. The summed E-state index contributed by atoms with van der Waals surface area (Å²) < 4.78 is 0. The van der Waals surface area contributed by atoms with E-state index in [1.807, 2.05) is 30.3 Å². The zero-order chi connectivity index (χ0) is 21.9. The average Bonchev–Trinajstić information content (AvgIpc) is 2.72. The van der Waals surface area contributed by atoms with Crippen molar-refractivity contribution in [3.63, 3.8) is 0 Å². The lowest BCUT2D eigenvalue weighted by atomic mass is 10.0. The normalized spacial score (nSPS) is 12.4. The first-order valence-corrected chi connectivity index (χ1v) is 9.85. The third-order valence-corrected chi connectivity index (χ3v) is 4.56. The highest BCUT2D eigenvalue weighted by atomic mass is 16.3. The Balaban J connectivity index is 1.82. The molecule has 2 atom stereocenters. The van der Waals surface area contributed by atoms with Gasteiger partial charge in [0.1, 0.15) is 17.8 Å². The highest BCUT2D eigenvalue weighted by Gasteiger charge is 2.23. The fourth-order valence-corrected chi connectivity index (χ4v) is 2.95. The van der Waals surface area contributed by atoms with Crippen molar-refractivity contribution in [3.05, 3.63) is 65.7 Å². The van der Waals surface area contributed by atoms with Crippen molar-refractivity contribution < 1.29 is 14.7 Å². The van der Waals surface area contributed by atoms with E-state index in [-0.39, 0.29) is 24.0 Å². The molecule has 0 aromatic heterocycles. The summed E-state index contributed by atoms with van der Waals surface area (Å²) in [5, 5.41) is 24.9. The van der Waals surface area contributed by atoms with Crippen molar-refractivity contribution in [1.29, 1.82) is 5.41 Å². The Morgan fingerprint density at radius 3 is 2.30 bits per heavy atom. The van der Waals surface area contributed by atoms with Crippen LogP contribution in [0, 0.1) is 5.41 Å². The molecule has 0 radical (unpaired) electrons. The molecule has 0 aliphatic rings. The number of carbonyl (C=O) groups excluding carboxylic acids is 2. The molecule has 0 heterocycles. The Morgan fingerprint density at radius 1 is 1.00 bits per heavy atom. The van der Waals surface area contributed by atoms with Gasteiger partial charge in [0.15, 0.2) is 5.96 Å². The maximum atomic E-state index is 12.6. The van der Waals surface area contributed by atoms with Crippen LogP contribution in [0.2, 0.25) is 0 Å². The van der Waals surface area contributed by atoms with Gasteiger partial charge in [-0.1, -0.05) is 42.5 Å². The molecule has 2 aromatic carbocycles. The van der Waals surface area contributed by atoms with E-state index in [9.17, 15) is 14.7 Å². The third-order valence-electron chi connectivity index (χ3n) is 4.56. The maximum absolute atomic E-state index is 12.6. The molecular formula is C22H29N5O3. The summed E-state index contributed by atoms with van der Waals surface area (Å²) >= 11 is 0. The van der Waals surface area contributed by atoms with Crippen LogP contribution < -0.4 is 21.7 Å². The zero-order valence-corrected chi connectivity index (χ0v) is 17.0. The first-order valence-electron chi connectivity index (χ1n) is 9.85.